The van der Waals surface area contributed by atoms with Crippen LogP contribution in [0.3, 0.4) is 0 Å². The standard InChI is InChI=1S/C28H29N3O5/c1-18(2)23(29-21-12-10-19(11-13-21)24(32)7-5-9-28(33)34)17-35-27-15-14-22(30-31-27)26-16-20-6-3-4-8-25(20)36-26/h3-4,6,8,10-16,18,23,29H,5,7,9,17H2,1-2H3,(H,33,34)/t23-/m1/s1. The Kier molecular flexibility index (Phi) is 7.95. The number of ether oxygens (including phenoxy) is 1. The van der Waals surface area contributed by atoms with Crippen molar-refractivity contribution in [1.29, 1.82) is 0 Å². The monoisotopic (exact) mass is 487 g/mol. The van der Waals surface area contributed by atoms with Crippen LogP contribution < -0.4 is 10.1 Å². The normalized spacial score (nSPS) is 12.0. The number of aromatic nitrogens is 2. The number of carbonyl (C=O) groups excluding carboxylic acids is 1. The molecule has 8 heteroatoms. The highest BCUT2D eigenvalue weighted by molar-refractivity contribution is 5.96. The Hall–Kier alpha value is -4.20. The number of hydrogen-bond donors (Lipinski definition) is 2. The summed E-state index contributed by atoms with van der Waals surface area (Å²) in [5.74, 6) is 0.393. The molecule has 2 aromatic heterocycles. The van der Waals surface area contributed by atoms with Crippen molar-refractivity contribution in [2.24, 2.45) is 5.92 Å². The number of anilines is 1. The Morgan fingerprint density at radius 1 is 1.00 bits per heavy atom. The van der Waals surface area contributed by atoms with Crippen molar-refractivity contribution < 1.29 is 23.8 Å². The Labute approximate surface area is 209 Å². The largest absolute Gasteiger partial charge is 0.481 e. The van der Waals surface area contributed by atoms with Gasteiger partial charge in [0.15, 0.2) is 11.5 Å². The third-order valence-corrected chi connectivity index (χ3v) is 5.89. The molecule has 0 saturated carbocycles. The van der Waals surface area contributed by atoms with Gasteiger partial charge >= 0.3 is 5.97 Å². The number of rotatable bonds is 12. The number of benzene rings is 2. The molecule has 4 rings (SSSR count). The number of para-hydroxylation sites is 1. The molecule has 4 aromatic rings. The van der Waals surface area contributed by atoms with Gasteiger partial charge in [-0.1, -0.05) is 32.0 Å². The molecule has 0 fully saturated rings. The van der Waals surface area contributed by atoms with E-state index in [9.17, 15) is 9.59 Å². The fourth-order valence-electron chi connectivity index (χ4n) is 3.72. The lowest BCUT2D eigenvalue weighted by molar-refractivity contribution is -0.137. The second kappa shape index (κ2) is 11.5. The molecular formula is C28H29N3O5. The minimum Gasteiger partial charge on any atom is -0.481 e. The summed E-state index contributed by atoms with van der Waals surface area (Å²) in [4.78, 5) is 22.9. The fourth-order valence-corrected chi connectivity index (χ4v) is 3.72. The molecule has 0 aliphatic heterocycles. The smallest absolute Gasteiger partial charge is 0.303 e. The summed E-state index contributed by atoms with van der Waals surface area (Å²) >= 11 is 0. The summed E-state index contributed by atoms with van der Waals surface area (Å²) < 4.78 is 11.8. The van der Waals surface area contributed by atoms with E-state index >= 15 is 0 Å². The number of carbonyl (C=O) groups is 2. The summed E-state index contributed by atoms with van der Waals surface area (Å²) in [5, 5.41) is 21.6. The maximum absolute atomic E-state index is 12.2. The third kappa shape index (κ3) is 6.47. The van der Waals surface area contributed by atoms with Crippen LogP contribution >= 0.6 is 0 Å². The van der Waals surface area contributed by atoms with Gasteiger partial charge in [-0.2, -0.15) is 0 Å². The number of nitrogens with one attached hydrogen (secondary N) is 1. The minimum atomic E-state index is -0.891. The fraction of sp³-hybridized carbons (Fsp3) is 0.286. The van der Waals surface area contributed by atoms with Crippen molar-refractivity contribution in [3.05, 3.63) is 72.3 Å². The zero-order chi connectivity index (χ0) is 25.5. The molecule has 0 amide bonds. The van der Waals surface area contributed by atoms with Crippen molar-refractivity contribution in [2.45, 2.75) is 39.2 Å². The first-order chi connectivity index (χ1) is 17.4. The molecule has 0 unspecified atom stereocenters. The Morgan fingerprint density at radius 2 is 1.78 bits per heavy atom. The first-order valence-corrected chi connectivity index (χ1v) is 12.0. The lowest BCUT2D eigenvalue weighted by atomic mass is 10.0. The van der Waals surface area contributed by atoms with Gasteiger partial charge in [-0.3, -0.25) is 9.59 Å². The van der Waals surface area contributed by atoms with Crippen LogP contribution in [0.15, 0.2) is 71.1 Å². The molecule has 0 aliphatic rings. The van der Waals surface area contributed by atoms with Gasteiger partial charge in [-0.15, -0.1) is 10.2 Å². The molecule has 2 N–H and O–H groups in total. The molecule has 2 heterocycles. The highest BCUT2D eigenvalue weighted by atomic mass is 16.5. The van der Waals surface area contributed by atoms with Gasteiger partial charge < -0.3 is 19.6 Å². The highest BCUT2D eigenvalue weighted by Gasteiger charge is 2.16. The highest BCUT2D eigenvalue weighted by Crippen LogP contribution is 2.26. The van der Waals surface area contributed by atoms with Crippen molar-refractivity contribution >= 4 is 28.4 Å². The number of nitrogens with zero attached hydrogens (tertiary/aromatic N) is 2. The number of Topliss-reactive ketones (excluding diaryl/α,β-unsaturated/α-hetero) is 1. The maximum atomic E-state index is 12.2. The lowest BCUT2D eigenvalue weighted by Crippen LogP contribution is -2.32. The van der Waals surface area contributed by atoms with Crippen LogP contribution in [0.5, 0.6) is 5.88 Å². The van der Waals surface area contributed by atoms with E-state index in [0.29, 0.717) is 35.9 Å². The van der Waals surface area contributed by atoms with E-state index < -0.39 is 5.97 Å². The molecule has 0 radical (unpaired) electrons. The molecule has 0 aliphatic carbocycles. The number of ketones is 1. The summed E-state index contributed by atoms with van der Waals surface area (Å²) in [6.07, 6.45) is 0.551. The molecule has 8 nitrogen and oxygen atoms in total. The molecular weight excluding hydrogens is 458 g/mol. The van der Waals surface area contributed by atoms with Crippen LogP contribution in [-0.2, 0) is 4.79 Å². The average molecular weight is 488 g/mol. The number of furan rings is 1. The van der Waals surface area contributed by atoms with Gasteiger partial charge in [0.2, 0.25) is 5.88 Å². The van der Waals surface area contributed by atoms with Crippen molar-refractivity contribution in [3.63, 3.8) is 0 Å². The Morgan fingerprint density at radius 3 is 2.44 bits per heavy atom. The molecule has 2 aromatic carbocycles. The van der Waals surface area contributed by atoms with Gasteiger partial charge in [0, 0.05) is 35.5 Å². The van der Waals surface area contributed by atoms with Crippen molar-refractivity contribution in [2.75, 3.05) is 11.9 Å². The first kappa shape index (κ1) is 24.9. The lowest BCUT2D eigenvalue weighted by Gasteiger charge is -2.23. The van der Waals surface area contributed by atoms with Gasteiger partial charge in [0.1, 0.15) is 17.9 Å². The number of hydrogen-bond acceptors (Lipinski definition) is 7. The van der Waals surface area contributed by atoms with Crippen LogP contribution in [0.4, 0.5) is 5.69 Å². The van der Waals surface area contributed by atoms with Crippen molar-refractivity contribution in [1.82, 2.24) is 10.2 Å². The van der Waals surface area contributed by atoms with E-state index in [0.717, 1.165) is 16.7 Å². The predicted octanol–water partition coefficient (Wildman–Crippen LogP) is 5.84. The van der Waals surface area contributed by atoms with Crippen molar-refractivity contribution in [3.8, 4) is 17.3 Å². The molecule has 0 bridgehead atoms. The summed E-state index contributed by atoms with van der Waals surface area (Å²) in [6.45, 7) is 4.57. The molecule has 0 saturated heterocycles. The Balaban J connectivity index is 1.32. The summed E-state index contributed by atoms with van der Waals surface area (Å²) in [7, 11) is 0. The van der Waals surface area contributed by atoms with Crippen LogP contribution in [0.2, 0.25) is 0 Å². The second-order valence-corrected chi connectivity index (χ2v) is 8.96. The van der Waals surface area contributed by atoms with Crippen LogP contribution in [0.1, 0.15) is 43.5 Å². The van der Waals surface area contributed by atoms with Crippen LogP contribution in [0.25, 0.3) is 22.4 Å². The van der Waals surface area contributed by atoms with E-state index in [1.54, 1.807) is 18.2 Å². The Bertz CT molecular complexity index is 1280. The number of fused-ring (bicyclic) bond motifs is 1. The zero-order valence-corrected chi connectivity index (χ0v) is 20.3. The van der Waals surface area contributed by atoms with E-state index in [4.69, 9.17) is 14.3 Å². The van der Waals surface area contributed by atoms with E-state index in [2.05, 4.69) is 29.4 Å². The minimum absolute atomic E-state index is 0.000956. The molecule has 186 valence electrons. The number of aliphatic carboxylic acids is 1. The third-order valence-electron chi connectivity index (χ3n) is 5.89. The summed E-state index contributed by atoms with van der Waals surface area (Å²) in [6, 6.07) is 20.5. The van der Waals surface area contributed by atoms with Crippen LogP contribution in [0, 0.1) is 5.92 Å². The van der Waals surface area contributed by atoms with E-state index in [1.165, 1.54) is 0 Å². The maximum Gasteiger partial charge on any atom is 0.303 e. The van der Waals surface area contributed by atoms with Crippen LogP contribution in [-0.4, -0.2) is 39.7 Å². The molecule has 36 heavy (non-hydrogen) atoms. The van der Waals surface area contributed by atoms with Gasteiger partial charge in [0.25, 0.3) is 0 Å². The van der Waals surface area contributed by atoms with Gasteiger partial charge in [-0.05, 0) is 54.8 Å². The van der Waals surface area contributed by atoms with Gasteiger partial charge in [-0.25, -0.2) is 0 Å². The van der Waals surface area contributed by atoms with E-state index in [-0.39, 0.29) is 30.6 Å². The average Bonchev–Trinajstić information content (AvgIpc) is 3.31. The SMILES string of the molecule is CC(C)[C@@H](COc1ccc(-c2cc3ccccc3o2)nn1)Nc1ccc(C(=O)CCCC(=O)O)cc1. The quantitative estimate of drug-likeness (QED) is 0.239. The second-order valence-electron chi connectivity index (χ2n) is 8.96. The topological polar surface area (TPSA) is 115 Å². The summed E-state index contributed by atoms with van der Waals surface area (Å²) in [5.41, 5.74) is 2.87. The predicted molar refractivity (Wildman–Crippen MR) is 137 cm³/mol. The van der Waals surface area contributed by atoms with Gasteiger partial charge in [0.05, 0.1) is 6.04 Å². The number of carboxylic acid groups (broad SMARTS) is 1. The zero-order valence-electron chi connectivity index (χ0n) is 20.3. The molecule has 0 spiro atoms. The first-order valence-electron chi connectivity index (χ1n) is 12.0. The molecule has 1 atom stereocenters. The van der Waals surface area contributed by atoms with E-state index in [1.807, 2.05) is 48.5 Å². The number of carboxylic acids is 1.